The number of anilines is 2. The van der Waals surface area contributed by atoms with Gasteiger partial charge in [-0.15, -0.1) is 0 Å². The largest absolute Gasteiger partial charge is 0.347 e. The van der Waals surface area contributed by atoms with E-state index in [4.69, 9.17) is 5.10 Å². The highest BCUT2D eigenvalue weighted by atomic mass is 15.5. The molecule has 0 aliphatic heterocycles. The van der Waals surface area contributed by atoms with Crippen molar-refractivity contribution in [2.24, 2.45) is 5.10 Å². The van der Waals surface area contributed by atoms with Crippen LogP contribution in [0.1, 0.15) is 11.1 Å². The summed E-state index contributed by atoms with van der Waals surface area (Å²) in [5.74, 6) is 0.936. The van der Waals surface area contributed by atoms with E-state index in [0.717, 1.165) is 17.2 Å². The van der Waals surface area contributed by atoms with Gasteiger partial charge in [0.2, 0.25) is 0 Å². The fraction of sp³-hybridized carbons (Fsp3) is 0. The van der Waals surface area contributed by atoms with E-state index in [2.05, 4.69) is 65.6 Å². The van der Waals surface area contributed by atoms with Crippen LogP contribution in [0.3, 0.4) is 0 Å². The van der Waals surface area contributed by atoms with E-state index in [9.17, 15) is 0 Å². The van der Waals surface area contributed by atoms with Crippen molar-refractivity contribution < 1.29 is 0 Å². The molecule has 1 aliphatic rings. The quantitative estimate of drug-likeness (QED) is 0.428. The minimum Gasteiger partial charge on any atom is -0.347 e. The zero-order valence-electron chi connectivity index (χ0n) is 14.1. The third-order valence-corrected chi connectivity index (χ3v) is 4.67. The van der Waals surface area contributed by atoms with Crippen molar-refractivity contribution in [3.8, 4) is 11.1 Å². The normalized spacial score (nSPS) is 11.8. The molecule has 3 aromatic carbocycles. The Morgan fingerprint density at radius 2 is 1.15 bits per heavy atom. The molecule has 124 valence electrons. The third-order valence-electron chi connectivity index (χ3n) is 4.67. The van der Waals surface area contributed by atoms with E-state index in [1.165, 1.54) is 22.3 Å². The molecule has 0 amide bonds. The smallest absolute Gasteiger partial charge is 0.132 e. The molecule has 0 atom stereocenters. The fourth-order valence-electron chi connectivity index (χ4n) is 3.47. The summed E-state index contributed by atoms with van der Waals surface area (Å²) >= 11 is 0. The van der Waals surface area contributed by atoms with E-state index >= 15 is 0 Å². The lowest BCUT2D eigenvalue weighted by Gasteiger charge is -2.19. The number of nitrogens with one attached hydrogen (secondary N) is 1. The topological polar surface area (TPSA) is 31.4 Å². The molecule has 0 unspecified atom stereocenters. The monoisotopic (exact) mass is 335 g/mol. The van der Waals surface area contributed by atoms with Crippen molar-refractivity contribution >= 4 is 17.2 Å². The number of hydrogen-bond acceptors (Lipinski definition) is 2. The second kappa shape index (κ2) is 6.05. The number of para-hydroxylation sites is 1. The van der Waals surface area contributed by atoms with Gasteiger partial charge < -0.3 is 4.98 Å². The van der Waals surface area contributed by atoms with Gasteiger partial charge >= 0.3 is 0 Å². The van der Waals surface area contributed by atoms with Gasteiger partial charge in [0.1, 0.15) is 5.82 Å². The molecular weight excluding hydrogens is 318 g/mol. The molecule has 4 aromatic rings. The summed E-state index contributed by atoms with van der Waals surface area (Å²) in [5, 5.41) is 7.06. The number of nitrogens with zero attached hydrogens (tertiary/aromatic N) is 2. The number of hydrazone groups is 1. The van der Waals surface area contributed by atoms with Crippen LogP contribution in [0.15, 0.2) is 102 Å². The van der Waals surface area contributed by atoms with Gasteiger partial charge in [0.25, 0.3) is 0 Å². The van der Waals surface area contributed by atoms with E-state index in [1.54, 1.807) is 0 Å². The fourth-order valence-corrected chi connectivity index (χ4v) is 3.47. The lowest BCUT2D eigenvalue weighted by atomic mass is 10.1. The van der Waals surface area contributed by atoms with Gasteiger partial charge in [-0.05, 0) is 35.4 Å². The maximum absolute atomic E-state index is 5.09. The van der Waals surface area contributed by atoms with Crippen LogP contribution in [0.2, 0.25) is 0 Å². The lowest BCUT2D eigenvalue weighted by Crippen LogP contribution is -2.14. The summed E-state index contributed by atoms with van der Waals surface area (Å²) in [5.41, 5.74) is 6.82. The molecule has 0 spiro atoms. The highest BCUT2D eigenvalue weighted by molar-refractivity contribution is 6.24. The van der Waals surface area contributed by atoms with Crippen molar-refractivity contribution in [3.05, 3.63) is 108 Å². The van der Waals surface area contributed by atoms with E-state index < -0.39 is 0 Å². The van der Waals surface area contributed by atoms with Crippen molar-refractivity contribution in [1.82, 2.24) is 4.98 Å². The molecular formula is C23H17N3. The highest BCUT2D eigenvalue weighted by Gasteiger charge is 2.25. The van der Waals surface area contributed by atoms with Crippen LogP contribution in [0.5, 0.6) is 0 Å². The molecule has 1 aliphatic carbocycles. The van der Waals surface area contributed by atoms with E-state index in [1.807, 2.05) is 41.5 Å². The van der Waals surface area contributed by atoms with E-state index in [0.29, 0.717) is 0 Å². The van der Waals surface area contributed by atoms with Crippen LogP contribution in [0.4, 0.5) is 11.5 Å². The van der Waals surface area contributed by atoms with Crippen LogP contribution < -0.4 is 5.01 Å². The predicted octanol–water partition coefficient (Wildman–Crippen LogP) is 5.59. The first-order valence-electron chi connectivity index (χ1n) is 8.68. The minimum atomic E-state index is 0.936. The van der Waals surface area contributed by atoms with Crippen LogP contribution in [-0.4, -0.2) is 10.7 Å². The number of rotatable bonds is 3. The van der Waals surface area contributed by atoms with Crippen LogP contribution in [-0.2, 0) is 0 Å². The average molecular weight is 335 g/mol. The third kappa shape index (κ3) is 2.33. The minimum absolute atomic E-state index is 0.936. The molecule has 3 heteroatoms. The van der Waals surface area contributed by atoms with Gasteiger partial charge in [0, 0.05) is 17.3 Å². The molecule has 0 saturated heterocycles. The number of H-pyrrole nitrogens is 1. The SMILES string of the molecule is c1ccc(N(N=C2c3ccccc3-c3ccccc32)c2ccc[nH]2)cc1. The summed E-state index contributed by atoms with van der Waals surface area (Å²) in [4.78, 5) is 3.28. The first kappa shape index (κ1) is 14.7. The zero-order chi connectivity index (χ0) is 17.3. The summed E-state index contributed by atoms with van der Waals surface area (Å²) in [7, 11) is 0. The second-order valence-corrected chi connectivity index (χ2v) is 6.24. The van der Waals surface area contributed by atoms with E-state index in [-0.39, 0.29) is 0 Å². The molecule has 1 heterocycles. The average Bonchev–Trinajstić information content (AvgIpc) is 3.34. The number of benzene rings is 3. The Labute approximate surface area is 152 Å². The molecule has 3 nitrogen and oxygen atoms in total. The Balaban J connectivity index is 1.73. The molecule has 0 radical (unpaired) electrons. The number of hydrogen-bond donors (Lipinski definition) is 1. The Morgan fingerprint density at radius 3 is 1.73 bits per heavy atom. The zero-order valence-corrected chi connectivity index (χ0v) is 14.1. The maximum atomic E-state index is 5.09. The van der Waals surface area contributed by atoms with Gasteiger partial charge in [-0.3, -0.25) is 0 Å². The van der Waals surface area contributed by atoms with Gasteiger partial charge in [-0.2, -0.15) is 5.10 Å². The molecule has 0 fully saturated rings. The standard InChI is InChI=1S/C23H17N3/c1-2-9-17(10-3-1)26(22-15-8-16-24-22)25-23-20-13-6-4-11-18(20)19-12-5-7-14-21(19)23/h1-16,24H. The Kier molecular flexibility index (Phi) is 3.42. The summed E-state index contributed by atoms with van der Waals surface area (Å²) in [6.07, 6.45) is 1.92. The number of aromatic nitrogens is 1. The molecule has 1 N–H and O–H groups in total. The molecule has 26 heavy (non-hydrogen) atoms. The van der Waals surface area contributed by atoms with Crippen molar-refractivity contribution in [2.45, 2.75) is 0 Å². The van der Waals surface area contributed by atoms with Gasteiger partial charge in [0.05, 0.1) is 11.4 Å². The molecule has 5 rings (SSSR count). The molecule has 0 bridgehead atoms. The van der Waals surface area contributed by atoms with Gasteiger partial charge in [-0.25, -0.2) is 5.01 Å². The predicted molar refractivity (Wildman–Crippen MR) is 107 cm³/mol. The Hall–Kier alpha value is -3.59. The summed E-state index contributed by atoms with van der Waals surface area (Å²) in [6, 6.07) is 31.2. The maximum Gasteiger partial charge on any atom is 0.132 e. The van der Waals surface area contributed by atoms with Crippen LogP contribution >= 0.6 is 0 Å². The number of aromatic amines is 1. The Morgan fingerprint density at radius 1 is 0.577 bits per heavy atom. The van der Waals surface area contributed by atoms with Gasteiger partial charge in [-0.1, -0.05) is 66.7 Å². The van der Waals surface area contributed by atoms with Crippen LogP contribution in [0.25, 0.3) is 11.1 Å². The Bertz CT molecular complexity index is 1030. The molecule has 1 aromatic heterocycles. The lowest BCUT2D eigenvalue weighted by molar-refractivity contribution is 1.05. The second-order valence-electron chi connectivity index (χ2n) is 6.24. The summed E-state index contributed by atoms with van der Waals surface area (Å²) < 4.78 is 0. The number of fused-ring (bicyclic) bond motifs is 3. The molecule has 0 saturated carbocycles. The highest BCUT2D eigenvalue weighted by Crippen LogP contribution is 2.37. The van der Waals surface area contributed by atoms with Gasteiger partial charge in [0.15, 0.2) is 0 Å². The first-order valence-corrected chi connectivity index (χ1v) is 8.68. The van der Waals surface area contributed by atoms with Crippen molar-refractivity contribution in [1.29, 1.82) is 0 Å². The van der Waals surface area contributed by atoms with Crippen molar-refractivity contribution in [2.75, 3.05) is 5.01 Å². The first-order chi connectivity index (χ1) is 12.9. The van der Waals surface area contributed by atoms with Crippen LogP contribution in [0, 0.1) is 0 Å². The van der Waals surface area contributed by atoms with Crippen molar-refractivity contribution in [3.63, 3.8) is 0 Å². The summed E-state index contributed by atoms with van der Waals surface area (Å²) in [6.45, 7) is 0.